The summed E-state index contributed by atoms with van der Waals surface area (Å²) in [4.78, 5) is 0. The topological polar surface area (TPSA) is 21.3 Å². The Morgan fingerprint density at radius 3 is 2.60 bits per heavy atom. The molecule has 0 aromatic heterocycles. The number of hydrogen-bond donors (Lipinski definition) is 1. The second kappa shape index (κ2) is 8.12. The van der Waals surface area contributed by atoms with Crippen molar-refractivity contribution in [2.24, 2.45) is 5.92 Å². The first-order chi connectivity index (χ1) is 7.34. The highest BCUT2D eigenvalue weighted by molar-refractivity contribution is 4.75. The molecule has 0 heterocycles. The van der Waals surface area contributed by atoms with Gasteiger partial charge in [-0.15, -0.1) is 0 Å². The Kier molecular flexibility index (Phi) is 7.03. The van der Waals surface area contributed by atoms with E-state index in [9.17, 15) is 0 Å². The van der Waals surface area contributed by atoms with Crippen LogP contribution >= 0.6 is 0 Å². The second-order valence-corrected chi connectivity index (χ2v) is 4.75. The minimum atomic E-state index is 0.676. The van der Waals surface area contributed by atoms with E-state index in [1.165, 1.54) is 32.1 Å². The number of rotatable bonds is 7. The van der Waals surface area contributed by atoms with Crippen LogP contribution in [0.5, 0.6) is 0 Å². The Hall–Kier alpha value is -0.0800. The van der Waals surface area contributed by atoms with Crippen molar-refractivity contribution < 1.29 is 4.74 Å². The largest absolute Gasteiger partial charge is 0.380 e. The van der Waals surface area contributed by atoms with Gasteiger partial charge in [-0.2, -0.15) is 0 Å². The van der Waals surface area contributed by atoms with Gasteiger partial charge in [0.05, 0.1) is 6.61 Å². The van der Waals surface area contributed by atoms with Crippen molar-refractivity contribution >= 4 is 0 Å². The maximum absolute atomic E-state index is 5.46. The van der Waals surface area contributed by atoms with Gasteiger partial charge in [0.15, 0.2) is 0 Å². The third kappa shape index (κ3) is 5.53. The van der Waals surface area contributed by atoms with Crippen molar-refractivity contribution in [3.8, 4) is 0 Å². The minimum Gasteiger partial charge on any atom is -0.380 e. The average molecular weight is 213 g/mol. The van der Waals surface area contributed by atoms with Crippen molar-refractivity contribution in [1.82, 2.24) is 5.32 Å². The summed E-state index contributed by atoms with van der Waals surface area (Å²) in [6.07, 6.45) is 8.28. The Bertz CT molecular complexity index is 143. The molecule has 0 spiro atoms. The molecule has 1 rings (SSSR count). The lowest BCUT2D eigenvalue weighted by Crippen LogP contribution is -2.36. The lowest BCUT2D eigenvalue weighted by molar-refractivity contribution is 0.131. The molecular formula is C13H27NO. The van der Waals surface area contributed by atoms with E-state index in [0.29, 0.717) is 6.04 Å². The van der Waals surface area contributed by atoms with Gasteiger partial charge in [-0.05, 0) is 32.1 Å². The molecule has 0 aromatic rings. The van der Waals surface area contributed by atoms with E-state index < -0.39 is 0 Å². The average Bonchev–Trinajstić information content (AvgIpc) is 2.30. The van der Waals surface area contributed by atoms with Gasteiger partial charge in [-0.25, -0.2) is 0 Å². The van der Waals surface area contributed by atoms with Gasteiger partial charge in [0.1, 0.15) is 0 Å². The lowest BCUT2D eigenvalue weighted by Gasteiger charge is -2.28. The van der Waals surface area contributed by atoms with Crippen molar-refractivity contribution in [3.63, 3.8) is 0 Å². The fraction of sp³-hybridized carbons (Fsp3) is 1.00. The lowest BCUT2D eigenvalue weighted by atomic mass is 9.84. The first-order valence-electron chi connectivity index (χ1n) is 6.65. The molecule has 90 valence electrons. The van der Waals surface area contributed by atoms with Gasteiger partial charge in [-0.3, -0.25) is 0 Å². The highest BCUT2D eigenvalue weighted by Crippen LogP contribution is 2.26. The molecular weight excluding hydrogens is 186 g/mol. The number of nitrogens with one attached hydrogen (secondary N) is 1. The van der Waals surface area contributed by atoms with Crippen molar-refractivity contribution in [1.29, 1.82) is 0 Å². The summed E-state index contributed by atoms with van der Waals surface area (Å²) in [7, 11) is 0. The van der Waals surface area contributed by atoms with Crippen LogP contribution in [0.3, 0.4) is 0 Å². The van der Waals surface area contributed by atoms with E-state index >= 15 is 0 Å². The normalized spacial score (nSPS) is 20.4. The number of hydrogen-bond acceptors (Lipinski definition) is 2. The molecule has 1 fully saturated rings. The first kappa shape index (κ1) is 13.0. The van der Waals surface area contributed by atoms with Gasteiger partial charge in [0.25, 0.3) is 0 Å². The van der Waals surface area contributed by atoms with Gasteiger partial charge in [0, 0.05) is 19.2 Å². The molecule has 0 aliphatic heterocycles. The monoisotopic (exact) mass is 213 g/mol. The molecule has 1 unspecified atom stereocenters. The summed E-state index contributed by atoms with van der Waals surface area (Å²) < 4.78 is 5.46. The molecule has 0 amide bonds. The van der Waals surface area contributed by atoms with E-state index in [-0.39, 0.29) is 0 Å². The van der Waals surface area contributed by atoms with Crippen LogP contribution in [-0.2, 0) is 4.74 Å². The summed E-state index contributed by atoms with van der Waals surface area (Å²) in [6.45, 7) is 7.26. The van der Waals surface area contributed by atoms with Crippen LogP contribution in [0.2, 0.25) is 0 Å². The predicted molar refractivity (Wildman–Crippen MR) is 65.1 cm³/mol. The molecule has 2 heteroatoms. The maximum atomic E-state index is 5.46. The summed E-state index contributed by atoms with van der Waals surface area (Å²) in [5.41, 5.74) is 0. The zero-order valence-electron chi connectivity index (χ0n) is 10.4. The van der Waals surface area contributed by atoms with Crippen LogP contribution in [0.15, 0.2) is 0 Å². The maximum Gasteiger partial charge on any atom is 0.0590 e. The van der Waals surface area contributed by atoms with Gasteiger partial charge < -0.3 is 10.1 Å². The van der Waals surface area contributed by atoms with E-state index in [4.69, 9.17) is 4.74 Å². The SMILES string of the molecule is CCCOCCNC(C)C1CCCCC1. The highest BCUT2D eigenvalue weighted by Gasteiger charge is 2.18. The zero-order valence-corrected chi connectivity index (χ0v) is 10.4. The molecule has 1 atom stereocenters. The molecule has 1 aliphatic rings. The third-order valence-corrected chi connectivity index (χ3v) is 3.42. The predicted octanol–water partition coefficient (Wildman–Crippen LogP) is 2.97. The van der Waals surface area contributed by atoms with E-state index in [0.717, 1.165) is 32.1 Å². The van der Waals surface area contributed by atoms with Gasteiger partial charge in [0.2, 0.25) is 0 Å². The molecule has 0 bridgehead atoms. The minimum absolute atomic E-state index is 0.676. The molecule has 0 saturated heterocycles. The number of ether oxygens (including phenoxy) is 1. The highest BCUT2D eigenvalue weighted by atomic mass is 16.5. The van der Waals surface area contributed by atoms with Crippen LogP contribution in [0.4, 0.5) is 0 Å². The Labute approximate surface area is 94.8 Å². The molecule has 2 nitrogen and oxygen atoms in total. The Balaban J connectivity index is 1.99. The van der Waals surface area contributed by atoms with E-state index in [1.54, 1.807) is 0 Å². The molecule has 15 heavy (non-hydrogen) atoms. The molecule has 1 aliphatic carbocycles. The van der Waals surface area contributed by atoms with Crippen LogP contribution in [0.25, 0.3) is 0 Å². The summed E-state index contributed by atoms with van der Waals surface area (Å²) in [5.74, 6) is 0.907. The van der Waals surface area contributed by atoms with Crippen molar-refractivity contribution in [2.75, 3.05) is 19.8 Å². The van der Waals surface area contributed by atoms with Crippen LogP contribution in [0.1, 0.15) is 52.4 Å². The smallest absolute Gasteiger partial charge is 0.0590 e. The van der Waals surface area contributed by atoms with Crippen LogP contribution < -0.4 is 5.32 Å². The van der Waals surface area contributed by atoms with Crippen molar-refractivity contribution in [2.45, 2.75) is 58.4 Å². The van der Waals surface area contributed by atoms with Crippen LogP contribution in [-0.4, -0.2) is 25.8 Å². The molecule has 0 radical (unpaired) electrons. The summed E-state index contributed by atoms with van der Waals surface area (Å²) in [5, 5.41) is 3.59. The summed E-state index contributed by atoms with van der Waals surface area (Å²) >= 11 is 0. The Morgan fingerprint density at radius 1 is 1.20 bits per heavy atom. The van der Waals surface area contributed by atoms with Gasteiger partial charge in [-0.1, -0.05) is 26.2 Å². The first-order valence-corrected chi connectivity index (χ1v) is 6.65. The molecule has 1 saturated carbocycles. The van der Waals surface area contributed by atoms with Crippen LogP contribution in [0, 0.1) is 5.92 Å². The second-order valence-electron chi connectivity index (χ2n) is 4.75. The van der Waals surface area contributed by atoms with E-state index in [1.807, 2.05) is 0 Å². The van der Waals surface area contributed by atoms with E-state index in [2.05, 4.69) is 19.2 Å². The quantitative estimate of drug-likeness (QED) is 0.656. The van der Waals surface area contributed by atoms with Crippen molar-refractivity contribution in [3.05, 3.63) is 0 Å². The zero-order chi connectivity index (χ0) is 10.9. The fourth-order valence-corrected chi connectivity index (χ4v) is 2.41. The molecule has 0 aromatic carbocycles. The fourth-order valence-electron chi connectivity index (χ4n) is 2.41. The molecule has 1 N–H and O–H groups in total. The Morgan fingerprint density at radius 2 is 1.93 bits per heavy atom. The van der Waals surface area contributed by atoms with Gasteiger partial charge >= 0.3 is 0 Å². The standard InChI is InChI=1S/C13H27NO/c1-3-10-15-11-9-14-12(2)13-7-5-4-6-8-13/h12-14H,3-11H2,1-2H3. The third-order valence-electron chi connectivity index (χ3n) is 3.42. The summed E-state index contributed by atoms with van der Waals surface area (Å²) in [6, 6.07) is 0.676.